The van der Waals surface area contributed by atoms with Crippen molar-refractivity contribution < 1.29 is 8.78 Å². The van der Waals surface area contributed by atoms with Gasteiger partial charge in [-0.2, -0.15) is 4.98 Å². The molecule has 0 spiro atoms. The molecule has 0 saturated carbocycles. The van der Waals surface area contributed by atoms with Crippen molar-refractivity contribution in [1.29, 1.82) is 0 Å². The van der Waals surface area contributed by atoms with Gasteiger partial charge in [-0.3, -0.25) is 4.90 Å². The topological polar surface area (TPSA) is 32.3 Å². The molecular formula is C24H22BrClF2N4. The van der Waals surface area contributed by atoms with E-state index < -0.39 is 11.6 Å². The van der Waals surface area contributed by atoms with Crippen molar-refractivity contribution in [2.45, 2.75) is 43.9 Å². The summed E-state index contributed by atoms with van der Waals surface area (Å²) in [6, 6.07) is 11.9. The van der Waals surface area contributed by atoms with E-state index >= 15 is 0 Å². The van der Waals surface area contributed by atoms with Gasteiger partial charge in [0.15, 0.2) is 5.82 Å². The van der Waals surface area contributed by atoms with Gasteiger partial charge in [-0.1, -0.05) is 36.4 Å². The lowest BCUT2D eigenvalue weighted by molar-refractivity contribution is 0.128. The first-order chi connectivity index (χ1) is 15.5. The second kappa shape index (κ2) is 8.69. The third-order valence-electron chi connectivity index (χ3n) is 6.60. The fourth-order valence-electron chi connectivity index (χ4n) is 5.25. The van der Waals surface area contributed by atoms with E-state index in [1.54, 1.807) is 0 Å². The van der Waals surface area contributed by atoms with Crippen LogP contribution in [-0.2, 0) is 6.54 Å². The highest BCUT2D eigenvalue weighted by molar-refractivity contribution is 9.10. The van der Waals surface area contributed by atoms with Crippen molar-refractivity contribution in [1.82, 2.24) is 14.9 Å². The minimum atomic E-state index is -0.753. The SMILES string of the molecule is C=CC[C@H]1[C@H]2CC[C@@H](CN1c1nc(Cl)nc3c(F)cc(F)c(Br)c13)N2Cc1ccccc1. The quantitative estimate of drug-likeness (QED) is 0.231. The van der Waals surface area contributed by atoms with Crippen molar-refractivity contribution in [3.63, 3.8) is 0 Å². The molecule has 0 amide bonds. The number of rotatable bonds is 5. The first-order valence-electron chi connectivity index (χ1n) is 10.7. The number of anilines is 1. The minimum absolute atomic E-state index is 0.0182. The Kier molecular flexibility index (Phi) is 5.90. The Hall–Kier alpha value is -2.09. The highest BCUT2D eigenvalue weighted by atomic mass is 79.9. The second-order valence-corrected chi connectivity index (χ2v) is 9.53. The molecule has 0 unspecified atom stereocenters. The normalized spacial score (nSPS) is 23.1. The molecule has 5 rings (SSSR count). The Labute approximate surface area is 199 Å². The van der Waals surface area contributed by atoms with Gasteiger partial charge in [-0.15, -0.1) is 6.58 Å². The van der Waals surface area contributed by atoms with Crippen molar-refractivity contribution >= 4 is 44.3 Å². The number of hydrogen-bond donors (Lipinski definition) is 0. The van der Waals surface area contributed by atoms with Crippen molar-refractivity contribution in [3.05, 3.63) is 76.0 Å². The van der Waals surface area contributed by atoms with Crippen LogP contribution in [0.1, 0.15) is 24.8 Å². The monoisotopic (exact) mass is 518 g/mol. The van der Waals surface area contributed by atoms with E-state index in [0.717, 1.165) is 31.9 Å². The van der Waals surface area contributed by atoms with Crippen LogP contribution >= 0.6 is 27.5 Å². The first-order valence-corrected chi connectivity index (χ1v) is 11.8. The fourth-order valence-corrected chi connectivity index (χ4v) is 5.90. The summed E-state index contributed by atoms with van der Waals surface area (Å²) in [5.41, 5.74) is 1.29. The van der Waals surface area contributed by atoms with E-state index in [9.17, 15) is 8.78 Å². The van der Waals surface area contributed by atoms with Crippen molar-refractivity contribution in [3.8, 4) is 0 Å². The van der Waals surface area contributed by atoms with Crippen molar-refractivity contribution in [2.75, 3.05) is 11.4 Å². The molecule has 2 fully saturated rings. The van der Waals surface area contributed by atoms with Gasteiger partial charge >= 0.3 is 0 Å². The maximum Gasteiger partial charge on any atom is 0.225 e. The zero-order valence-electron chi connectivity index (χ0n) is 17.3. The molecule has 0 aliphatic carbocycles. The molecule has 2 aromatic carbocycles. The van der Waals surface area contributed by atoms with Crippen LogP contribution in [-0.4, -0.2) is 39.5 Å². The molecule has 4 nitrogen and oxygen atoms in total. The molecule has 0 N–H and O–H groups in total. The lowest BCUT2D eigenvalue weighted by Crippen LogP contribution is -2.59. The third kappa shape index (κ3) is 3.70. The second-order valence-electron chi connectivity index (χ2n) is 8.39. The minimum Gasteiger partial charge on any atom is -0.349 e. The molecule has 3 atom stereocenters. The van der Waals surface area contributed by atoms with Crippen LogP contribution in [0.25, 0.3) is 10.9 Å². The molecule has 2 aliphatic heterocycles. The zero-order chi connectivity index (χ0) is 22.4. The number of piperazine rings is 1. The summed E-state index contributed by atoms with van der Waals surface area (Å²) in [4.78, 5) is 13.2. The standard InChI is InChI=1S/C24H22BrClF2N4/c1-2-6-18-19-10-9-15(31(19)12-14-7-4-3-5-8-14)13-32(18)23-20-21(25)16(27)11-17(28)22(20)29-24(26)30-23/h2-5,7-8,11,15,18-19H,1,6,9-10,12-13H2/t15-,18-,19+/m0/s1. The van der Waals surface area contributed by atoms with Gasteiger partial charge in [0, 0.05) is 37.3 Å². The molecule has 32 heavy (non-hydrogen) atoms. The summed E-state index contributed by atoms with van der Waals surface area (Å²) in [5.74, 6) is -0.973. The third-order valence-corrected chi connectivity index (χ3v) is 7.55. The van der Waals surface area contributed by atoms with E-state index in [0.29, 0.717) is 23.8 Å². The summed E-state index contributed by atoms with van der Waals surface area (Å²) in [5, 5.41) is 0.262. The first kappa shape index (κ1) is 21.7. The van der Waals surface area contributed by atoms with Gasteiger partial charge in [0.05, 0.1) is 9.86 Å². The van der Waals surface area contributed by atoms with E-state index in [4.69, 9.17) is 11.6 Å². The van der Waals surface area contributed by atoms with Crippen LogP contribution in [0.15, 0.2) is 53.5 Å². The van der Waals surface area contributed by atoms with E-state index in [2.05, 4.69) is 66.5 Å². The number of benzene rings is 2. The van der Waals surface area contributed by atoms with Gasteiger partial charge in [0.2, 0.25) is 5.28 Å². The van der Waals surface area contributed by atoms with Crippen molar-refractivity contribution in [2.24, 2.45) is 0 Å². The molecule has 0 radical (unpaired) electrons. The Morgan fingerprint density at radius 3 is 2.69 bits per heavy atom. The molecule has 2 aliphatic rings. The highest BCUT2D eigenvalue weighted by Crippen LogP contribution is 2.42. The van der Waals surface area contributed by atoms with Crippen LogP contribution in [0.3, 0.4) is 0 Å². The largest absolute Gasteiger partial charge is 0.349 e. The maximum absolute atomic E-state index is 14.6. The lowest BCUT2D eigenvalue weighted by atomic mass is 9.98. The van der Waals surface area contributed by atoms with Gasteiger partial charge < -0.3 is 4.90 Å². The van der Waals surface area contributed by atoms with E-state index in [1.807, 2.05) is 12.1 Å². The molecule has 3 aromatic rings. The van der Waals surface area contributed by atoms with Crippen LogP contribution in [0.5, 0.6) is 0 Å². The smallest absolute Gasteiger partial charge is 0.225 e. The van der Waals surface area contributed by atoms with Gasteiger partial charge in [0.1, 0.15) is 17.2 Å². The predicted octanol–water partition coefficient (Wildman–Crippen LogP) is 6.12. The number of fused-ring (bicyclic) bond motifs is 3. The van der Waals surface area contributed by atoms with E-state index in [-0.39, 0.29) is 27.4 Å². The Bertz CT molecular complexity index is 1180. The summed E-state index contributed by atoms with van der Waals surface area (Å²) in [6.07, 6.45) is 4.73. The molecule has 2 bridgehead atoms. The Balaban J connectivity index is 1.59. The number of aromatic nitrogens is 2. The Morgan fingerprint density at radius 1 is 1.16 bits per heavy atom. The van der Waals surface area contributed by atoms with Crippen LogP contribution < -0.4 is 4.90 Å². The molecule has 8 heteroatoms. The van der Waals surface area contributed by atoms with Crippen LogP contribution in [0.2, 0.25) is 5.28 Å². The van der Waals surface area contributed by atoms with Gasteiger partial charge in [0.25, 0.3) is 0 Å². The molecule has 2 saturated heterocycles. The molecular weight excluding hydrogens is 498 g/mol. The molecule has 3 heterocycles. The molecule has 1 aromatic heterocycles. The highest BCUT2D eigenvalue weighted by Gasteiger charge is 2.46. The average Bonchev–Trinajstić information content (AvgIpc) is 3.06. The van der Waals surface area contributed by atoms with Gasteiger partial charge in [-0.25, -0.2) is 13.8 Å². The predicted molar refractivity (Wildman–Crippen MR) is 127 cm³/mol. The van der Waals surface area contributed by atoms with E-state index in [1.165, 1.54) is 5.56 Å². The zero-order valence-corrected chi connectivity index (χ0v) is 19.7. The Morgan fingerprint density at radius 2 is 1.94 bits per heavy atom. The average molecular weight is 520 g/mol. The van der Waals surface area contributed by atoms with Crippen LogP contribution in [0, 0.1) is 11.6 Å². The lowest BCUT2D eigenvalue weighted by Gasteiger charge is -2.47. The fraction of sp³-hybridized carbons (Fsp3) is 0.333. The molecule has 166 valence electrons. The number of halogens is 4. The maximum atomic E-state index is 14.6. The number of hydrogen-bond acceptors (Lipinski definition) is 4. The summed E-state index contributed by atoms with van der Waals surface area (Å²) < 4.78 is 29.2. The van der Waals surface area contributed by atoms with Crippen LogP contribution in [0.4, 0.5) is 14.6 Å². The number of nitrogens with zero attached hydrogens (tertiary/aromatic N) is 4. The summed E-state index contributed by atoms with van der Waals surface area (Å²) in [7, 11) is 0. The summed E-state index contributed by atoms with van der Waals surface area (Å²) in [6.45, 7) is 5.53. The van der Waals surface area contributed by atoms with Gasteiger partial charge in [-0.05, 0) is 52.4 Å². The summed E-state index contributed by atoms with van der Waals surface area (Å²) >= 11 is 9.50.